The first-order chi connectivity index (χ1) is 7.00. The molecule has 2 aromatic rings. The molecule has 0 spiro atoms. The molecule has 7 heteroatoms. The predicted molar refractivity (Wildman–Crippen MR) is 54.9 cm³/mol. The van der Waals surface area contributed by atoms with Gasteiger partial charge in [-0.25, -0.2) is 18.4 Å². The van der Waals surface area contributed by atoms with Gasteiger partial charge in [0.05, 0.1) is 6.20 Å². The Morgan fingerprint density at radius 1 is 1.53 bits per heavy atom. The highest BCUT2D eigenvalue weighted by Gasteiger charge is 2.11. The van der Waals surface area contributed by atoms with E-state index in [4.69, 9.17) is 5.73 Å². The van der Waals surface area contributed by atoms with E-state index in [1.54, 1.807) is 6.07 Å². The minimum absolute atomic E-state index is 0.0300. The van der Waals surface area contributed by atoms with Crippen LogP contribution in [0.2, 0.25) is 0 Å². The summed E-state index contributed by atoms with van der Waals surface area (Å²) >= 11 is 0. The van der Waals surface area contributed by atoms with Gasteiger partial charge < -0.3 is 10.7 Å². The van der Waals surface area contributed by atoms with Gasteiger partial charge in [-0.2, -0.15) is 0 Å². The fraction of sp³-hybridized carbons (Fsp3) is 0.250. The first-order valence-electron chi connectivity index (χ1n) is 4.25. The number of aromatic nitrogens is 3. The van der Waals surface area contributed by atoms with Crippen LogP contribution in [0.1, 0.15) is 5.69 Å². The van der Waals surface area contributed by atoms with Crippen molar-refractivity contribution >= 4 is 21.0 Å². The van der Waals surface area contributed by atoms with E-state index in [0.29, 0.717) is 17.7 Å². The van der Waals surface area contributed by atoms with E-state index in [1.807, 2.05) is 0 Å². The molecule has 2 aromatic heterocycles. The molecule has 80 valence electrons. The Hall–Kier alpha value is -1.47. The summed E-state index contributed by atoms with van der Waals surface area (Å²) in [6, 6.07) is 1.69. The molecule has 0 saturated heterocycles. The molecular formula is C8H10N4O2S. The van der Waals surface area contributed by atoms with Gasteiger partial charge in [-0.3, -0.25) is 0 Å². The largest absolute Gasteiger partial charge is 0.341 e. The molecule has 0 aliphatic heterocycles. The lowest BCUT2D eigenvalue weighted by Gasteiger charge is -1.95. The van der Waals surface area contributed by atoms with Crippen LogP contribution >= 0.6 is 0 Å². The summed E-state index contributed by atoms with van der Waals surface area (Å²) in [7, 11) is -3.31. The minimum atomic E-state index is -3.31. The highest BCUT2D eigenvalue weighted by molar-refractivity contribution is 7.90. The minimum Gasteiger partial charge on any atom is -0.341 e. The Morgan fingerprint density at radius 3 is 2.87 bits per heavy atom. The number of rotatable bonds is 2. The van der Waals surface area contributed by atoms with Crippen LogP contribution in [0.15, 0.2) is 17.3 Å². The molecule has 0 atom stereocenters. The standard InChI is InChI=1S/C8H10N4O2S/c1-15(13,14)7-4-10-8-6(12-7)2-5(3-9)11-8/h2,4H,3,9H2,1H3,(H,10,11). The van der Waals surface area contributed by atoms with Gasteiger partial charge in [0.15, 0.2) is 20.5 Å². The number of fused-ring (bicyclic) bond motifs is 1. The predicted octanol–water partition coefficient (Wildman–Crippen LogP) is -0.180. The molecule has 0 aromatic carbocycles. The van der Waals surface area contributed by atoms with Gasteiger partial charge in [-0.15, -0.1) is 0 Å². The van der Waals surface area contributed by atoms with Crippen LogP contribution in [0, 0.1) is 0 Å². The van der Waals surface area contributed by atoms with E-state index >= 15 is 0 Å². The smallest absolute Gasteiger partial charge is 0.194 e. The molecular weight excluding hydrogens is 216 g/mol. The van der Waals surface area contributed by atoms with Gasteiger partial charge in [0.1, 0.15) is 5.52 Å². The average molecular weight is 226 g/mol. The summed E-state index contributed by atoms with van der Waals surface area (Å²) in [6.45, 7) is 0.340. The molecule has 2 rings (SSSR count). The molecule has 0 fully saturated rings. The third-order valence-electron chi connectivity index (χ3n) is 1.97. The molecule has 0 radical (unpaired) electrons. The van der Waals surface area contributed by atoms with Crippen LogP contribution in [-0.2, 0) is 16.4 Å². The number of nitrogens with zero attached hydrogens (tertiary/aromatic N) is 2. The summed E-state index contributed by atoms with van der Waals surface area (Å²) in [4.78, 5) is 10.9. The van der Waals surface area contributed by atoms with E-state index in [-0.39, 0.29) is 5.03 Å². The number of aromatic amines is 1. The molecule has 0 saturated carbocycles. The summed E-state index contributed by atoms with van der Waals surface area (Å²) < 4.78 is 22.4. The van der Waals surface area contributed by atoms with Crippen molar-refractivity contribution in [1.82, 2.24) is 15.0 Å². The van der Waals surface area contributed by atoms with Crippen LogP contribution in [0.5, 0.6) is 0 Å². The van der Waals surface area contributed by atoms with Crippen molar-refractivity contribution in [1.29, 1.82) is 0 Å². The van der Waals surface area contributed by atoms with Gasteiger partial charge in [0.25, 0.3) is 0 Å². The summed E-state index contributed by atoms with van der Waals surface area (Å²) in [6.07, 6.45) is 2.33. The Labute approximate surface area is 86.5 Å². The Bertz CT molecular complexity index is 602. The van der Waals surface area contributed by atoms with Crippen LogP contribution < -0.4 is 5.73 Å². The zero-order valence-electron chi connectivity index (χ0n) is 8.06. The zero-order valence-corrected chi connectivity index (χ0v) is 8.87. The maximum absolute atomic E-state index is 11.2. The number of nitrogens with two attached hydrogens (primary N) is 1. The third-order valence-corrected chi connectivity index (χ3v) is 2.92. The van der Waals surface area contributed by atoms with Crippen molar-refractivity contribution in [2.45, 2.75) is 11.6 Å². The Morgan fingerprint density at radius 2 is 2.27 bits per heavy atom. The maximum atomic E-state index is 11.2. The molecule has 15 heavy (non-hydrogen) atoms. The van der Waals surface area contributed by atoms with Gasteiger partial charge in [-0.1, -0.05) is 0 Å². The highest BCUT2D eigenvalue weighted by atomic mass is 32.2. The molecule has 0 aliphatic carbocycles. The number of H-pyrrole nitrogens is 1. The van der Waals surface area contributed by atoms with Crippen molar-refractivity contribution in [3.05, 3.63) is 18.0 Å². The Balaban J connectivity index is 2.66. The lowest BCUT2D eigenvalue weighted by Crippen LogP contribution is -2.00. The summed E-state index contributed by atoms with van der Waals surface area (Å²) in [5, 5.41) is -0.0300. The summed E-state index contributed by atoms with van der Waals surface area (Å²) in [5.74, 6) is 0. The molecule has 6 nitrogen and oxygen atoms in total. The van der Waals surface area contributed by atoms with Crippen LogP contribution in [-0.4, -0.2) is 29.6 Å². The second-order valence-electron chi connectivity index (χ2n) is 3.21. The van der Waals surface area contributed by atoms with E-state index in [2.05, 4.69) is 15.0 Å². The van der Waals surface area contributed by atoms with Crippen molar-refractivity contribution in [3.8, 4) is 0 Å². The number of hydrogen-bond acceptors (Lipinski definition) is 5. The van der Waals surface area contributed by atoms with E-state index in [1.165, 1.54) is 6.20 Å². The second-order valence-corrected chi connectivity index (χ2v) is 5.18. The fourth-order valence-electron chi connectivity index (χ4n) is 1.23. The molecule has 0 unspecified atom stereocenters. The molecule has 0 amide bonds. The lowest BCUT2D eigenvalue weighted by molar-refractivity contribution is 0.598. The normalized spacial score (nSPS) is 12.1. The van der Waals surface area contributed by atoms with Crippen molar-refractivity contribution in [2.24, 2.45) is 5.73 Å². The van der Waals surface area contributed by atoms with E-state index in [9.17, 15) is 8.42 Å². The van der Waals surface area contributed by atoms with Gasteiger partial charge >= 0.3 is 0 Å². The van der Waals surface area contributed by atoms with E-state index in [0.717, 1.165) is 11.9 Å². The number of nitrogens with one attached hydrogen (secondary N) is 1. The SMILES string of the molecule is CS(=O)(=O)c1cnc2[nH]c(CN)cc2n1. The molecule has 2 heterocycles. The molecule has 0 aliphatic rings. The zero-order chi connectivity index (χ0) is 11.1. The van der Waals surface area contributed by atoms with E-state index < -0.39 is 9.84 Å². The number of hydrogen-bond donors (Lipinski definition) is 2. The molecule has 3 N–H and O–H groups in total. The van der Waals surface area contributed by atoms with Crippen molar-refractivity contribution < 1.29 is 8.42 Å². The number of sulfone groups is 1. The van der Waals surface area contributed by atoms with Gasteiger partial charge in [-0.05, 0) is 6.07 Å². The van der Waals surface area contributed by atoms with Crippen molar-refractivity contribution in [3.63, 3.8) is 0 Å². The molecule has 0 bridgehead atoms. The first kappa shape index (κ1) is 10.1. The quantitative estimate of drug-likeness (QED) is 0.739. The summed E-state index contributed by atoms with van der Waals surface area (Å²) in [5.41, 5.74) is 7.26. The third kappa shape index (κ3) is 1.83. The highest BCUT2D eigenvalue weighted by Crippen LogP contribution is 2.13. The topological polar surface area (TPSA) is 102 Å². The van der Waals surface area contributed by atoms with Crippen LogP contribution in [0.4, 0.5) is 0 Å². The lowest BCUT2D eigenvalue weighted by atomic mass is 10.4. The fourth-order valence-corrected chi connectivity index (χ4v) is 1.73. The van der Waals surface area contributed by atoms with Crippen molar-refractivity contribution in [2.75, 3.05) is 6.26 Å². The van der Waals surface area contributed by atoms with Gasteiger partial charge in [0.2, 0.25) is 0 Å². The van der Waals surface area contributed by atoms with Crippen LogP contribution in [0.25, 0.3) is 11.2 Å². The second kappa shape index (κ2) is 3.28. The van der Waals surface area contributed by atoms with Crippen LogP contribution in [0.3, 0.4) is 0 Å². The first-order valence-corrected chi connectivity index (χ1v) is 6.14. The average Bonchev–Trinajstić information content (AvgIpc) is 2.57. The maximum Gasteiger partial charge on any atom is 0.194 e. The Kier molecular flexibility index (Phi) is 2.20. The van der Waals surface area contributed by atoms with Gasteiger partial charge in [0, 0.05) is 18.5 Å². The monoisotopic (exact) mass is 226 g/mol.